The molecule has 0 aromatic rings. The highest BCUT2D eigenvalue weighted by molar-refractivity contribution is 5.95. The van der Waals surface area contributed by atoms with Gasteiger partial charge in [0.1, 0.15) is 6.10 Å². The molecule has 0 bridgehead atoms. The van der Waals surface area contributed by atoms with Crippen molar-refractivity contribution in [3.05, 3.63) is 23.7 Å². The number of morpholine rings is 1. The van der Waals surface area contributed by atoms with Gasteiger partial charge in [-0.15, -0.1) is 0 Å². The van der Waals surface area contributed by atoms with Crippen LogP contribution in [0.25, 0.3) is 0 Å². The third kappa shape index (κ3) is 4.42. The first-order chi connectivity index (χ1) is 14.6. The largest absolute Gasteiger partial charge is 0.391 e. The van der Waals surface area contributed by atoms with Crippen molar-refractivity contribution in [2.75, 3.05) is 13.2 Å². The Morgan fingerprint density at radius 2 is 1.94 bits per heavy atom. The van der Waals surface area contributed by atoms with E-state index in [4.69, 9.17) is 4.74 Å². The van der Waals surface area contributed by atoms with E-state index in [2.05, 4.69) is 10.1 Å². The number of rotatable bonds is 3. The van der Waals surface area contributed by atoms with E-state index >= 15 is 0 Å². The molecule has 9 heteroatoms. The molecule has 0 unspecified atom stereocenters. The third-order valence-electron chi connectivity index (χ3n) is 6.82. The third-order valence-corrected chi connectivity index (χ3v) is 6.82. The number of hydrazone groups is 1. The Bertz CT molecular complexity index is 838. The van der Waals surface area contributed by atoms with Crippen LogP contribution in [0.1, 0.15) is 46.5 Å². The van der Waals surface area contributed by atoms with Gasteiger partial charge in [-0.05, 0) is 64.5 Å². The summed E-state index contributed by atoms with van der Waals surface area (Å²) >= 11 is 0. The standard InChI is InChI=1S/C22H29F3N4O2/c1-14-8-18(19-11-28(13-30)21(2,3)12-31-19)29-20(27-14)9-16(10-26-29)15-4-6-17(7-5-15)22(23,24)25/h8-10,13,15-17,19H,4-7,11-12H2,1-3H3/t15?,16-,17?,19-/m0/s1. The van der Waals surface area contributed by atoms with Crippen molar-refractivity contribution in [3.63, 3.8) is 0 Å². The molecule has 4 aliphatic rings. The van der Waals surface area contributed by atoms with Crippen LogP contribution in [0.4, 0.5) is 13.2 Å². The fraction of sp³-hybridized carbons (Fsp3) is 0.682. The summed E-state index contributed by atoms with van der Waals surface area (Å²) in [5, 5.41) is 6.34. The topological polar surface area (TPSA) is 57.5 Å². The van der Waals surface area contributed by atoms with E-state index < -0.39 is 12.1 Å². The Morgan fingerprint density at radius 1 is 1.23 bits per heavy atom. The molecule has 3 heterocycles. The van der Waals surface area contributed by atoms with E-state index in [0.29, 0.717) is 31.8 Å². The second kappa shape index (κ2) is 8.07. The van der Waals surface area contributed by atoms with Gasteiger partial charge in [-0.3, -0.25) is 4.79 Å². The monoisotopic (exact) mass is 438 g/mol. The van der Waals surface area contributed by atoms with Gasteiger partial charge in [-0.25, -0.2) is 10.0 Å². The molecule has 170 valence electrons. The van der Waals surface area contributed by atoms with Gasteiger partial charge in [0.05, 0.1) is 30.3 Å². The summed E-state index contributed by atoms with van der Waals surface area (Å²) in [5.74, 6) is -0.411. The summed E-state index contributed by atoms with van der Waals surface area (Å²) in [7, 11) is 0. The lowest BCUT2D eigenvalue weighted by Crippen LogP contribution is -2.56. The lowest BCUT2D eigenvalue weighted by molar-refractivity contribution is -0.184. The smallest absolute Gasteiger partial charge is 0.368 e. The molecule has 6 nitrogen and oxygen atoms in total. The molecule has 0 aromatic carbocycles. The number of fused-ring (bicyclic) bond motifs is 1. The van der Waals surface area contributed by atoms with Crippen molar-refractivity contribution in [1.82, 2.24) is 9.91 Å². The van der Waals surface area contributed by atoms with Crippen molar-refractivity contribution < 1.29 is 22.7 Å². The second-order valence-corrected chi connectivity index (χ2v) is 9.52. The molecular formula is C22H29F3N4O2. The van der Waals surface area contributed by atoms with Crippen LogP contribution in [0.5, 0.6) is 0 Å². The van der Waals surface area contributed by atoms with Crippen molar-refractivity contribution in [2.24, 2.45) is 27.8 Å². The maximum absolute atomic E-state index is 13.0. The fourth-order valence-electron chi connectivity index (χ4n) is 4.81. The summed E-state index contributed by atoms with van der Waals surface area (Å²) < 4.78 is 45.0. The Balaban J connectivity index is 1.48. The number of halogens is 3. The molecule has 2 fully saturated rings. The zero-order chi connectivity index (χ0) is 22.4. The maximum Gasteiger partial charge on any atom is 0.391 e. The minimum Gasteiger partial charge on any atom is -0.368 e. The van der Waals surface area contributed by atoms with Crippen LogP contribution in [-0.4, -0.2) is 59.2 Å². The van der Waals surface area contributed by atoms with Crippen LogP contribution in [0.2, 0.25) is 0 Å². The molecule has 4 rings (SSSR count). The lowest BCUT2D eigenvalue weighted by Gasteiger charge is -2.45. The van der Waals surface area contributed by atoms with Crippen LogP contribution in [0.3, 0.4) is 0 Å². The molecule has 0 N–H and O–H groups in total. The highest BCUT2D eigenvalue weighted by Crippen LogP contribution is 2.43. The van der Waals surface area contributed by atoms with Gasteiger partial charge >= 0.3 is 6.18 Å². The number of alkyl halides is 3. The summed E-state index contributed by atoms with van der Waals surface area (Å²) in [6.07, 6.45) is 3.56. The van der Waals surface area contributed by atoms with Crippen LogP contribution < -0.4 is 0 Å². The number of carbonyl (C=O) groups is 1. The van der Waals surface area contributed by atoms with Crippen molar-refractivity contribution >= 4 is 18.3 Å². The van der Waals surface area contributed by atoms with Gasteiger partial charge in [0, 0.05) is 17.8 Å². The van der Waals surface area contributed by atoms with E-state index in [0.717, 1.165) is 17.8 Å². The SMILES string of the molecule is CC1=NC2=C[C@H](C3CCC(C(F)(F)F)CC3)C=NN2C([C@@H]2CN(C=O)C(C)(C)CO2)=C1. The van der Waals surface area contributed by atoms with Crippen LogP contribution >= 0.6 is 0 Å². The highest BCUT2D eigenvalue weighted by Gasteiger charge is 2.43. The molecule has 3 aliphatic heterocycles. The van der Waals surface area contributed by atoms with E-state index in [1.807, 2.05) is 39.1 Å². The first kappa shape index (κ1) is 22.0. The number of aliphatic imine (C=N–C) groups is 1. The van der Waals surface area contributed by atoms with E-state index in [9.17, 15) is 18.0 Å². The molecule has 0 radical (unpaired) electrons. The van der Waals surface area contributed by atoms with Gasteiger partial charge < -0.3 is 9.64 Å². The Kier molecular flexibility index (Phi) is 5.74. The normalized spacial score (nSPS) is 33.3. The minimum absolute atomic E-state index is 0.0333. The Labute approximate surface area is 180 Å². The molecular weight excluding hydrogens is 409 g/mol. The molecule has 1 saturated carbocycles. The molecule has 1 amide bonds. The number of allylic oxidation sites excluding steroid dienone is 2. The molecule has 2 atom stereocenters. The second-order valence-electron chi connectivity index (χ2n) is 9.52. The van der Waals surface area contributed by atoms with Gasteiger partial charge in [0.2, 0.25) is 6.41 Å². The quantitative estimate of drug-likeness (QED) is 0.623. The first-order valence-corrected chi connectivity index (χ1v) is 10.8. The lowest BCUT2D eigenvalue weighted by atomic mass is 9.75. The van der Waals surface area contributed by atoms with Crippen molar-refractivity contribution in [3.8, 4) is 0 Å². The molecule has 1 saturated heterocycles. The number of nitrogens with zero attached hydrogens (tertiary/aromatic N) is 4. The van der Waals surface area contributed by atoms with Crippen molar-refractivity contribution in [1.29, 1.82) is 0 Å². The predicted molar refractivity (Wildman–Crippen MR) is 111 cm³/mol. The zero-order valence-corrected chi connectivity index (χ0v) is 18.1. The van der Waals surface area contributed by atoms with E-state index in [-0.39, 0.29) is 36.3 Å². The number of amides is 1. The van der Waals surface area contributed by atoms with Gasteiger partial charge in [0.15, 0.2) is 5.82 Å². The highest BCUT2D eigenvalue weighted by atomic mass is 19.4. The van der Waals surface area contributed by atoms with Crippen molar-refractivity contribution in [2.45, 2.75) is 64.3 Å². The van der Waals surface area contributed by atoms with E-state index in [1.54, 1.807) is 9.91 Å². The van der Waals surface area contributed by atoms with Crippen LogP contribution in [-0.2, 0) is 9.53 Å². The minimum atomic E-state index is -4.10. The summed E-state index contributed by atoms with van der Waals surface area (Å²) in [5.41, 5.74) is 1.25. The molecule has 0 spiro atoms. The van der Waals surface area contributed by atoms with Gasteiger partial charge in [0.25, 0.3) is 0 Å². The maximum atomic E-state index is 13.0. The molecule has 0 aromatic heterocycles. The first-order valence-electron chi connectivity index (χ1n) is 10.8. The van der Waals surface area contributed by atoms with E-state index in [1.165, 1.54) is 0 Å². The number of ether oxygens (including phenoxy) is 1. The summed E-state index contributed by atoms with van der Waals surface area (Å²) in [6, 6.07) is 0. The fourth-order valence-corrected chi connectivity index (χ4v) is 4.81. The number of carbonyl (C=O) groups excluding carboxylic acids is 1. The zero-order valence-electron chi connectivity index (χ0n) is 18.1. The average molecular weight is 438 g/mol. The predicted octanol–water partition coefficient (Wildman–Crippen LogP) is 4.11. The Morgan fingerprint density at radius 3 is 2.58 bits per heavy atom. The number of hydrogen-bond acceptors (Lipinski definition) is 5. The van der Waals surface area contributed by atoms with Crippen LogP contribution in [0, 0.1) is 17.8 Å². The average Bonchev–Trinajstić information content (AvgIpc) is 2.72. The summed E-state index contributed by atoms with van der Waals surface area (Å²) in [6.45, 7) is 6.64. The molecule has 31 heavy (non-hydrogen) atoms. The van der Waals surface area contributed by atoms with Gasteiger partial charge in [-0.1, -0.05) is 0 Å². The number of hydrogen-bond donors (Lipinski definition) is 0. The molecule has 1 aliphatic carbocycles. The van der Waals surface area contributed by atoms with Crippen LogP contribution in [0.15, 0.2) is 33.8 Å². The summed E-state index contributed by atoms with van der Waals surface area (Å²) in [4.78, 5) is 17.9. The Hall–Kier alpha value is -2.16. The van der Waals surface area contributed by atoms with Gasteiger partial charge in [-0.2, -0.15) is 18.3 Å².